The van der Waals surface area contributed by atoms with Crippen LogP contribution in [-0.4, -0.2) is 0 Å². The van der Waals surface area contributed by atoms with Gasteiger partial charge in [-0.1, -0.05) is 102 Å². The fourth-order valence-corrected chi connectivity index (χ4v) is 9.21. The van der Waals surface area contributed by atoms with Crippen LogP contribution in [0.5, 0.6) is 0 Å². The van der Waals surface area contributed by atoms with Crippen molar-refractivity contribution in [3.63, 3.8) is 0 Å². The Labute approximate surface area is 234 Å². The van der Waals surface area contributed by atoms with E-state index in [0.717, 1.165) is 38.5 Å². The van der Waals surface area contributed by atoms with Crippen molar-refractivity contribution in [3.05, 3.63) is 104 Å². The molecular formula is C39H42. The van der Waals surface area contributed by atoms with E-state index in [1.54, 1.807) is 38.3 Å². The van der Waals surface area contributed by atoms with Gasteiger partial charge in [0, 0.05) is 16.2 Å². The van der Waals surface area contributed by atoms with E-state index in [0.29, 0.717) is 0 Å². The lowest BCUT2D eigenvalue weighted by molar-refractivity contribution is 0.469. The molecule has 0 saturated heterocycles. The summed E-state index contributed by atoms with van der Waals surface area (Å²) in [7, 11) is 0. The summed E-state index contributed by atoms with van der Waals surface area (Å²) in [5, 5.41) is 6.11. The molecule has 0 heteroatoms. The standard InChI is InChI=1S/C39H42/c1-7-37(8-2)21-16-18-26-24-29-31(34(26)37)28-23-25-17-15-22-38(9-3,10-4)35(25)33(28)32-27-19-13-14-20-30(27)39(11-5,12-6)36(29)32/h13-24H,7-12H2,1-6H3. The first-order valence-corrected chi connectivity index (χ1v) is 15.6. The second kappa shape index (κ2) is 8.44. The minimum atomic E-state index is 0.0449. The molecule has 0 atom stereocenters. The van der Waals surface area contributed by atoms with Crippen LogP contribution in [0.25, 0.3) is 34.4 Å². The van der Waals surface area contributed by atoms with Gasteiger partial charge in [-0.2, -0.15) is 0 Å². The molecular weight excluding hydrogens is 468 g/mol. The Morgan fingerprint density at radius 3 is 1.69 bits per heavy atom. The Hall–Kier alpha value is -3.12. The SMILES string of the molecule is CCC1(CC)C=CC=C2C=c3c(c4c(c5c3=C3C(=CC=CC3(CC)CC)C=5)C(CC)(CC)c3ccccc3-4)=C21. The third kappa shape index (κ3) is 2.81. The van der Waals surface area contributed by atoms with E-state index in [9.17, 15) is 0 Å². The smallest absolute Gasteiger partial charge is 0.0216 e. The predicted octanol–water partition coefficient (Wildman–Crippen LogP) is 7.27. The molecule has 39 heavy (non-hydrogen) atoms. The maximum Gasteiger partial charge on any atom is 0.0216 e. The van der Waals surface area contributed by atoms with Crippen molar-refractivity contribution in [2.24, 2.45) is 10.8 Å². The van der Waals surface area contributed by atoms with Gasteiger partial charge >= 0.3 is 0 Å². The van der Waals surface area contributed by atoms with Gasteiger partial charge in [0.2, 0.25) is 0 Å². The lowest BCUT2D eigenvalue weighted by atomic mass is 9.69. The second-order valence-corrected chi connectivity index (χ2v) is 12.4. The lowest BCUT2D eigenvalue weighted by Crippen LogP contribution is -2.53. The summed E-state index contributed by atoms with van der Waals surface area (Å²) in [6, 6.07) is 9.40. The summed E-state index contributed by atoms with van der Waals surface area (Å²) in [4.78, 5) is 0. The maximum absolute atomic E-state index is 2.58. The van der Waals surface area contributed by atoms with E-state index in [4.69, 9.17) is 0 Å². The van der Waals surface area contributed by atoms with Crippen molar-refractivity contribution in [1.82, 2.24) is 0 Å². The normalized spacial score (nSPS) is 21.2. The molecule has 2 aromatic rings. The van der Waals surface area contributed by atoms with Gasteiger partial charge in [0.15, 0.2) is 0 Å². The van der Waals surface area contributed by atoms with Gasteiger partial charge < -0.3 is 0 Å². The molecule has 0 unspecified atom stereocenters. The first kappa shape index (κ1) is 24.9. The molecule has 5 aliphatic rings. The van der Waals surface area contributed by atoms with Crippen LogP contribution in [-0.2, 0) is 5.41 Å². The van der Waals surface area contributed by atoms with Gasteiger partial charge in [-0.15, -0.1) is 0 Å². The van der Waals surface area contributed by atoms with Crippen molar-refractivity contribution >= 4 is 23.3 Å². The molecule has 0 amide bonds. The molecule has 0 spiro atoms. The molecule has 2 aromatic carbocycles. The monoisotopic (exact) mass is 510 g/mol. The quantitative estimate of drug-likeness (QED) is 0.383. The van der Waals surface area contributed by atoms with Crippen molar-refractivity contribution in [2.75, 3.05) is 0 Å². The van der Waals surface area contributed by atoms with Gasteiger partial charge in [0.1, 0.15) is 0 Å². The van der Waals surface area contributed by atoms with E-state index in [-0.39, 0.29) is 16.2 Å². The summed E-state index contributed by atoms with van der Waals surface area (Å²) < 4.78 is 0. The van der Waals surface area contributed by atoms with Crippen molar-refractivity contribution in [3.8, 4) is 11.1 Å². The molecule has 0 fully saturated rings. The Kier molecular flexibility index (Phi) is 5.39. The molecule has 198 valence electrons. The summed E-state index contributed by atoms with van der Waals surface area (Å²) in [6.45, 7) is 14.4. The zero-order valence-electron chi connectivity index (χ0n) is 24.7. The first-order chi connectivity index (χ1) is 19.0. The molecule has 0 nitrogen and oxygen atoms in total. The molecule has 0 aliphatic heterocycles. The fraction of sp³-hybridized carbons (Fsp3) is 0.385. The maximum atomic E-state index is 2.58. The predicted molar refractivity (Wildman–Crippen MR) is 168 cm³/mol. The molecule has 0 heterocycles. The van der Waals surface area contributed by atoms with Gasteiger partial charge in [0.05, 0.1) is 0 Å². The van der Waals surface area contributed by atoms with Crippen LogP contribution in [0.15, 0.2) is 71.9 Å². The number of hydrogen-bond donors (Lipinski definition) is 0. The van der Waals surface area contributed by atoms with E-state index in [1.807, 2.05) is 0 Å². The Morgan fingerprint density at radius 1 is 0.590 bits per heavy atom. The number of fused-ring (bicyclic) bond motifs is 10. The van der Waals surface area contributed by atoms with Gasteiger partial charge in [-0.3, -0.25) is 0 Å². The summed E-state index contributed by atoms with van der Waals surface area (Å²) in [5.74, 6) is 0. The molecule has 0 bridgehead atoms. The Morgan fingerprint density at radius 2 is 1.13 bits per heavy atom. The average Bonchev–Trinajstić information content (AvgIpc) is 3.65. The largest absolute Gasteiger partial charge is 0.0739 e. The number of hydrogen-bond acceptors (Lipinski definition) is 0. The van der Waals surface area contributed by atoms with Gasteiger partial charge in [0.25, 0.3) is 0 Å². The van der Waals surface area contributed by atoms with E-state index >= 15 is 0 Å². The van der Waals surface area contributed by atoms with E-state index in [1.165, 1.54) is 27.1 Å². The third-order valence-electron chi connectivity index (χ3n) is 11.6. The third-order valence-corrected chi connectivity index (χ3v) is 11.6. The van der Waals surface area contributed by atoms with Crippen LogP contribution < -0.4 is 20.9 Å². The van der Waals surface area contributed by atoms with E-state index in [2.05, 4.69) is 114 Å². The van der Waals surface area contributed by atoms with Crippen LogP contribution in [0.1, 0.15) is 91.2 Å². The molecule has 0 aromatic heterocycles. The second-order valence-electron chi connectivity index (χ2n) is 12.4. The number of benzene rings is 2. The van der Waals surface area contributed by atoms with Crippen molar-refractivity contribution in [1.29, 1.82) is 0 Å². The highest BCUT2D eigenvalue weighted by Crippen LogP contribution is 2.53. The lowest BCUT2D eigenvalue weighted by Gasteiger charge is -2.34. The summed E-state index contributed by atoms with van der Waals surface area (Å²) >= 11 is 0. The van der Waals surface area contributed by atoms with Crippen LogP contribution in [0.3, 0.4) is 0 Å². The highest BCUT2D eigenvalue weighted by molar-refractivity contribution is 5.97. The minimum Gasteiger partial charge on any atom is -0.0739 e. The van der Waals surface area contributed by atoms with Crippen molar-refractivity contribution < 1.29 is 0 Å². The summed E-state index contributed by atoms with van der Waals surface area (Å²) in [5.41, 5.74) is 12.5. The zero-order valence-corrected chi connectivity index (χ0v) is 24.7. The topological polar surface area (TPSA) is 0 Å². The highest BCUT2D eigenvalue weighted by Gasteiger charge is 2.46. The first-order valence-electron chi connectivity index (χ1n) is 15.6. The zero-order chi connectivity index (χ0) is 27.2. The van der Waals surface area contributed by atoms with Crippen LogP contribution in [0.2, 0.25) is 0 Å². The number of rotatable bonds is 6. The number of allylic oxidation sites excluding steroid dienone is 8. The van der Waals surface area contributed by atoms with Gasteiger partial charge in [-0.05, 0) is 116 Å². The minimum absolute atomic E-state index is 0.0449. The molecule has 0 saturated carbocycles. The van der Waals surface area contributed by atoms with Crippen LogP contribution >= 0.6 is 0 Å². The highest BCUT2D eigenvalue weighted by atomic mass is 14.5. The van der Waals surface area contributed by atoms with Crippen LogP contribution in [0, 0.1) is 10.8 Å². The molecule has 5 aliphatic carbocycles. The Bertz CT molecular complexity index is 1800. The van der Waals surface area contributed by atoms with Gasteiger partial charge in [-0.25, -0.2) is 0 Å². The molecule has 0 radical (unpaired) electrons. The Balaban J connectivity index is 1.83. The molecule has 0 N–H and O–H groups in total. The average molecular weight is 511 g/mol. The molecule has 7 rings (SSSR count). The van der Waals surface area contributed by atoms with Crippen LogP contribution in [0.4, 0.5) is 0 Å². The summed E-state index contributed by atoms with van der Waals surface area (Å²) in [6.07, 6.45) is 26.4. The fourth-order valence-electron chi connectivity index (χ4n) is 9.21. The van der Waals surface area contributed by atoms with E-state index < -0.39 is 0 Å². The van der Waals surface area contributed by atoms with Crippen molar-refractivity contribution in [2.45, 2.75) is 85.5 Å².